The largest absolute Gasteiger partial charge is 0.441 e. The van der Waals surface area contributed by atoms with Gasteiger partial charge >= 0.3 is 6.09 Å². The Balaban J connectivity index is 2.10. The molecule has 1 amide bonds. The summed E-state index contributed by atoms with van der Waals surface area (Å²) in [6.07, 6.45) is 9.55. The molecule has 30 heavy (non-hydrogen) atoms. The fourth-order valence-corrected chi connectivity index (χ4v) is 4.01. The van der Waals surface area contributed by atoms with Crippen molar-refractivity contribution in [2.24, 2.45) is 0 Å². The van der Waals surface area contributed by atoms with Crippen LogP contribution < -0.4 is 0 Å². The fourth-order valence-electron chi connectivity index (χ4n) is 4.01. The lowest BCUT2D eigenvalue weighted by atomic mass is 9.90. The quantitative estimate of drug-likeness (QED) is 0.382. The summed E-state index contributed by atoms with van der Waals surface area (Å²) in [5, 5.41) is 0. The summed E-state index contributed by atoms with van der Waals surface area (Å²) in [6, 6.07) is 0.384. The number of nitrogens with zero attached hydrogens (tertiary/aromatic N) is 3. The van der Waals surface area contributed by atoms with Crippen LogP contribution in [0.3, 0.4) is 0 Å². The summed E-state index contributed by atoms with van der Waals surface area (Å²) in [5.41, 5.74) is 3.16. The van der Waals surface area contributed by atoms with Crippen LogP contribution >= 0.6 is 0 Å². The van der Waals surface area contributed by atoms with Gasteiger partial charge in [-0.25, -0.2) is 4.79 Å². The average molecular weight is 414 g/mol. The van der Waals surface area contributed by atoms with Gasteiger partial charge in [-0.15, -0.1) is 13.2 Å². The van der Waals surface area contributed by atoms with Gasteiger partial charge in [-0.1, -0.05) is 24.8 Å². The van der Waals surface area contributed by atoms with Gasteiger partial charge in [0.25, 0.3) is 0 Å². The van der Waals surface area contributed by atoms with E-state index in [0.717, 1.165) is 44.6 Å². The second kappa shape index (κ2) is 10.7. The molecule has 2 aliphatic rings. The number of carbonyl (C=O) groups is 1. The Morgan fingerprint density at radius 3 is 2.47 bits per heavy atom. The monoisotopic (exact) mass is 413 g/mol. The van der Waals surface area contributed by atoms with E-state index in [0.29, 0.717) is 19.1 Å². The lowest BCUT2D eigenvalue weighted by Crippen LogP contribution is -2.47. The highest BCUT2D eigenvalue weighted by molar-refractivity contribution is 5.71. The van der Waals surface area contributed by atoms with Gasteiger partial charge in [0.15, 0.2) is 0 Å². The van der Waals surface area contributed by atoms with E-state index in [1.165, 1.54) is 11.1 Å². The van der Waals surface area contributed by atoms with E-state index in [1.807, 2.05) is 6.08 Å². The van der Waals surface area contributed by atoms with Crippen LogP contribution in [0.2, 0.25) is 0 Å². The van der Waals surface area contributed by atoms with Crippen molar-refractivity contribution in [1.82, 2.24) is 14.7 Å². The Bertz CT molecular complexity index is 712. The molecule has 0 aliphatic carbocycles. The van der Waals surface area contributed by atoms with E-state index < -0.39 is 0 Å². The van der Waals surface area contributed by atoms with Crippen LogP contribution in [0, 0.1) is 0 Å². The van der Waals surface area contributed by atoms with E-state index in [4.69, 9.17) is 4.74 Å². The third-order valence-electron chi connectivity index (χ3n) is 6.17. The highest BCUT2D eigenvalue weighted by Crippen LogP contribution is 2.34. The Morgan fingerprint density at radius 1 is 1.27 bits per heavy atom. The van der Waals surface area contributed by atoms with Crippen molar-refractivity contribution in [2.45, 2.75) is 52.2 Å². The fraction of sp³-hybridized carbons (Fsp3) is 0.560. The molecule has 2 rings (SSSR count). The summed E-state index contributed by atoms with van der Waals surface area (Å²) < 4.78 is 5.79. The Morgan fingerprint density at radius 2 is 1.93 bits per heavy atom. The molecule has 2 saturated heterocycles. The van der Waals surface area contributed by atoms with Crippen molar-refractivity contribution in [2.75, 3.05) is 39.3 Å². The SMILES string of the molecule is C=CCN1CC2(CCN(C/C(=C/N(CC=C)C(C)C)C(=C)/C(C)=C\C)CC2)OC1=O. The molecule has 0 aromatic rings. The first-order valence-corrected chi connectivity index (χ1v) is 11.0. The van der Waals surface area contributed by atoms with E-state index >= 15 is 0 Å². The minimum atomic E-state index is -0.344. The lowest BCUT2D eigenvalue weighted by molar-refractivity contribution is 0.00287. The molecule has 2 aliphatic heterocycles. The molecule has 166 valence electrons. The zero-order valence-corrected chi connectivity index (χ0v) is 19.3. The maximum Gasteiger partial charge on any atom is 0.410 e. The summed E-state index contributed by atoms with van der Waals surface area (Å²) >= 11 is 0. The smallest absolute Gasteiger partial charge is 0.410 e. The maximum absolute atomic E-state index is 12.1. The number of allylic oxidation sites excluding steroid dienone is 2. The van der Waals surface area contributed by atoms with Crippen LogP contribution in [-0.2, 0) is 4.74 Å². The average Bonchev–Trinajstić information content (AvgIpc) is 3.02. The van der Waals surface area contributed by atoms with E-state index in [2.05, 4.69) is 69.5 Å². The molecule has 0 radical (unpaired) electrons. The molecule has 2 fully saturated rings. The predicted octanol–water partition coefficient (Wildman–Crippen LogP) is 4.76. The normalized spacial score (nSPS) is 19.9. The van der Waals surface area contributed by atoms with Crippen molar-refractivity contribution in [1.29, 1.82) is 0 Å². The van der Waals surface area contributed by atoms with Crippen LogP contribution in [0.5, 0.6) is 0 Å². The van der Waals surface area contributed by atoms with Crippen LogP contribution in [0.25, 0.3) is 0 Å². The molecule has 5 nitrogen and oxygen atoms in total. The number of carbonyl (C=O) groups excluding carboxylic acids is 1. The van der Waals surface area contributed by atoms with Crippen molar-refractivity contribution in [3.05, 3.63) is 60.9 Å². The molecular formula is C25H39N3O2. The van der Waals surface area contributed by atoms with Gasteiger partial charge in [0, 0.05) is 57.8 Å². The Kier molecular flexibility index (Phi) is 8.54. The first-order chi connectivity index (χ1) is 14.2. The van der Waals surface area contributed by atoms with Gasteiger partial charge in [-0.3, -0.25) is 4.90 Å². The van der Waals surface area contributed by atoms with Gasteiger partial charge < -0.3 is 14.5 Å². The van der Waals surface area contributed by atoms with Crippen LogP contribution in [-0.4, -0.2) is 71.7 Å². The molecule has 0 aromatic heterocycles. The van der Waals surface area contributed by atoms with Crippen molar-refractivity contribution >= 4 is 6.09 Å². The third kappa shape index (κ3) is 5.88. The van der Waals surface area contributed by atoms with Gasteiger partial charge in [0.05, 0.1) is 6.54 Å². The van der Waals surface area contributed by atoms with Crippen LogP contribution in [0.15, 0.2) is 60.9 Å². The zero-order valence-electron chi connectivity index (χ0n) is 19.3. The van der Waals surface area contributed by atoms with E-state index in [1.54, 1.807) is 11.0 Å². The number of piperidine rings is 1. The standard InChI is InChI=1S/C25H39N3O2/c1-8-13-27(20(4)5)18-23(22(7)21(6)10-3)17-26-15-11-25(12-16-26)19-28(14-9-2)24(29)30-25/h8-10,18,20H,1-2,7,11-17,19H2,3-6H3/b21-10-,23-18-. The van der Waals surface area contributed by atoms with Gasteiger partial charge in [0.1, 0.15) is 5.60 Å². The second-order valence-corrected chi connectivity index (χ2v) is 8.68. The zero-order chi connectivity index (χ0) is 22.3. The number of likely N-dealkylation sites (tertiary alicyclic amines) is 1. The maximum atomic E-state index is 12.1. The lowest BCUT2D eigenvalue weighted by Gasteiger charge is -2.38. The summed E-state index contributed by atoms with van der Waals surface area (Å²) in [7, 11) is 0. The van der Waals surface area contributed by atoms with Crippen LogP contribution in [0.4, 0.5) is 4.79 Å². The molecule has 0 aromatic carbocycles. The Hall–Kier alpha value is -2.27. The van der Waals surface area contributed by atoms with Crippen molar-refractivity contribution in [3.63, 3.8) is 0 Å². The summed E-state index contributed by atoms with van der Waals surface area (Å²) in [5.74, 6) is 0. The number of amides is 1. The molecule has 0 N–H and O–H groups in total. The number of hydrogen-bond donors (Lipinski definition) is 0. The van der Waals surface area contributed by atoms with Gasteiger partial charge in [-0.2, -0.15) is 0 Å². The van der Waals surface area contributed by atoms with Gasteiger partial charge in [-0.05, 0) is 44.4 Å². The van der Waals surface area contributed by atoms with E-state index in [-0.39, 0.29) is 11.7 Å². The molecule has 1 spiro atoms. The molecule has 5 heteroatoms. The molecule has 0 atom stereocenters. The first-order valence-electron chi connectivity index (χ1n) is 11.0. The predicted molar refractivity (Wildman–Crippen MR) is 125 cm³/mol. The molecular weight excluding hydrogens is 374 g/mol. The second-order valence-electron chi connectivity index (χ2n) is 8.68. The minimum absolute atomic E-state index is 0.210. The number of hydrogen-bond acceptors (Lipinski definition) is 4. The minimum Gasteiger partial charge on any atom is -0.441 e. The summed E-state index contributed by atoms with van der Waals surface area (Å²) in [4.78, 5) is 18.6. The molecule has 0 saturated carbocycles. The Labute approximate surface area is 183 Å². The molecule has 0 bridgehead atoms. The topological polar surface area (TPSA) is 36.0 Å². The highest BCUT2D eigenvalue weighted by Gasteiger charge is 2.46. The molecule has 2 heterocycles. The summed E-state index contributed by atoms with van der Waals surface area (Å²) in [6.45, 7) is 25.2. The van der Waals surface area contributed by atoms with Gasteiger partial charge in [0.2, 0.25) is 0 Å². The van der Waals surface area contributed by atoms with Crippen molar-refractivity contribution in [3.8, 4) is 0 Å². The third-order valence-corrected chi connectivity index (χ3v) is 6.17. The van der Waals surface area contributed by atoms with E-state index in [9.17, 15) is 4.79 Å². The van der Waals surface area contributed by atoms with Crippen LogP contribution in [0.1, 0.15) is 40.5 Å². The highest BCUT2D eigenvalue weighted by atomic mass is 16.6. The molecule has 0 unspecified atom stereocenters. The first kappa shape index (κ1) is 24.0. The van der Waals surface area contributed by atoms with Crippen molar-refractivity contribution < 1.29 is 9.53 Å². The number of ether oxygens (including phenoxy) is 1. The number of rotatable bonds is 10.